The first-order valence-electron chi connectivity index (χ1n) is 8.30. The number of nitrogens with zero attached hydrogens (tertiary/aromatic N) is 2. The van der Waals surface area contributed by atoms with E-state index in [1.54, 1.807) is 0 Å². The van der Waals surface area contributed by atoms with Gasteiger partial charge in [-0.1, -0.05) is 0 Å². The number of thiophene rings is 1. The van der Waals surface area contributed by atoms with E-state index in [-0.39, 0.29) is 30.0 Å². The van der Waals surface area contributed by atoms with Crippen LogP contribution < -0.4 is 16.2 Å². The number of carbonyl (C=O) groups excluding carboxylic acids is 2. The Labute approximate surface area is 150 Å². The molecule has 0 aliphatic heterocycles. The van der Waals surface area contributed by atoms with Crippen molar-refractivity contribution in [1.29, 1.82) is 0 Å². The summed E-state index contributed by atoms with van der Waals surface area (Å²) in [4.78, 5) is 42.1. The number of carbonyl (C=O) groups is 2. The predicted molar refractivity (Wildman–Crippen MR) is 98.9 cm³/mol. The summed E-state index contributed by atoms with van der Waals surface area (Å²) in [5.74, 6) is -0.296. The van der Waals surface area contributed by atoms with Gasteiger partial charge in [-0.3, -0.25) is 19.0 Å². The number of amides is 2. The Morgan fingerprint density at radius 1 is 1.28 bits per heavy atom. The summed E-state index contributed by atoms with van der Waals surface area (Å²) in [6.07, 6.45) is 2.33. The van der Waals surface area contributed by atoms with E-state index in [9.17, 15) is 14.4 Å². The summed E-state index contributed by atoms with van der Waals surface area (Å²) < 4.78 is 1.32. The molecule has 136 valence electrons. The third-order valence-corrected chi connectivity index (χ3v) is 4.94. The van der Waals surface area contributed by atoms with E-state index in [2.05, 4.69) is 15.6 Å². The topological polar surface area (TPSA) is 93.1 Å². The molecule has 0 radical (unpaired) electrons. The molecule has 2 aromatic rings. The average molecular weight is 364 g/mol. The molecule has 2 rings (SSSR count). The first-order valence-corrected chi connectivity index (χ1v) is 9.12. The zero-order valence-electron chi connectivity index (χ0n) is 15.0. The lowest BCUT2D eigenvalue weighted by Crippen LogP contribution is -2.34. The average Bonchev–Trinajstić information content (AvgIpc) is 2.81. The number of hydrogen-bond donors (Lipinski definition) is 2. The molecule has 0 spiro atoms. The van der Waals surface area contributed by atoms with Gasteiger partial charge in [0.05, 0.1) is 11.7 Å². The summed E-state index contributed by atoms with van der Waals surface area (Å²) in [5, 5.41) is 6.12. The number of hydrogen-bond acceptors (Lipinski definition) is 5. The van der Waals surface area contributed by atoms with Gasteiger partial charge in [-0.25, -0.2) is 4.98 Å². The molecule has 2 aromatic heterocycles. The summed E-state index contributed by atoms with van der Waals surface area (Å²) in [6.45, 7) is 7.97. The lowest BCUT2D eigenvalue weighted by atomic mass is 10.2. The maximum atomic E-state index is 12.5. The zero-order chi connectivity index (χ0) is 18.6. The molecule has 0 aliphatic carbocycles. The number of aromatic nitrogens is 2. The maximum Gasteiger partial charge on any atom is 0.262 e. The minimum atomic E-state index is -0.267. The van der Waals surface area contributed by atoms with Crippen LogP contribution in [0.5, 0.6) is 0 Å². The number of rotatable bonds is 7. The second-order valence-corrected chi connectivity index (χ2v) is 7.52. The van der Waals surface area contributed by atoms with E-state index in [4.69, 9.17) is 0 Å². The van der Waals surface area contributed by atoms with Gasteiger partial charge in [-0.2, -0.15) is 0 Å². The van der Waals surface area contributed by atoms with Crippen LogP contribution in [-0.4, -0.2) is 34.0 Å². The molecule has 25 heavy (non-hydrogen) atoms. The minimum Gasteiger partial charge on any atom is -0.355 e. The minimum absolute atomic E-state index is 0.0292. The molecular weight excluding hydrogens is 340 g/mol. The van der Waals surface area contributed by atoms with Crippen LogP contribution >= 0.6 is 11.3 Å². The van der Waals surface area contributed by atoms with Crippen molar-refractivity contribution in [2.75, 3.05) is 6.54 Å². The molecule has 2 N–H and O–H groups in total. The predicted octanol–water partition coefficient (Wildman–Crippen LogP) is 1.50. The van der Waals surface area contributed by atoms with Crippen LogP contribution in [0.15, 0.2) is 11.1 Å². The highest BCUT2D eigenvalue weighted by Gasteiger charge is 2.13. The van der Waals surface area contributed by atoms with Crippen molar-refractivity contribution in [2.45, 2.75) is 53.1 Å². The van der Waals surface area contributed by atoms with Crippen LogP contribution in [-0.2, 0) is 16.1 Å². The molecule has 0 fully saturated rings. The highest BCUT2D eigenvalue weighted by Crippen LogP contribution is 2.25. The Bertz CT molecular complexity index is 838. The van der Waals surface area contributed by atoms with Crippen LogP contribution in [0.25, 0.3) is 10.2 Å². The van der Waals surface area contributed by atoms with Crippen molar-refractivity contribution in [2.24, 2.45) is 0 Å². The maximum absolute atomic E-state index is 12.5. The normalized spacial score (nSPS) is 11.1. The summed E-state index contributed by atoms with van der Waals surface area (Å²) in [5.41, 5.74) is 0.724. The number of nitrogens with one attached hydrogen (secondary N) is 2. The van der Waals surface area contributed by atoms with Crippen LogP contribution in [0.4, 0.5) is 0 Å². The second-order valence-electron chi connectivity index (χ2n) is 6.32. The van der Waals surface area contributed by atoms with Crippen LogP contribution in [0.2, 0.25) is 0 Å². The van der Waals surface area contributed by atoms with Crippen molar-refractivity contribution in [1.82, 2.24) is 20.2 Å². The van der Waals surface area contributed by atoms with E-state index >= 15 is 0 Å². The Morgan fingerprint density at radius 2 is 2.00 bits per heavy atom. The van der Waals surface area contributed by atoms with Gasteiger partial charge in [-0.05, 0) is 39.7 Å². The van der Waals surface area contributed by atoms with E-state index in [1.165, 1.54) is 22.2 Å². The van der Waals surface area contributed by atoms with Crippen molar-refractivity contribution in [3.63, 3.8) is 0 Å². The standard InChI is InChI=1S/C17H24N4O3S/c1-10(2)20-13(22)6-5-7-18-14(23)8-21-9-19-16-15(17(21)24)11(3)12(4)25-16/h9-10H,5-8H2,1-4H3,(H,18,23)(H,20,22). The van der Waals surface area contributed by atoms with E-state index in [0.29, 0.717) is 29.6 Å². The third kappa shape index (κ3) is 4.88. The lowest BCUT2D eigenvalue weighted by molar-refractivity contribution is -0.123. The van der Waals surface area contributed by atoms with Gasteiger partial charge < -0.3 is 10.6 Å². The van der Waals surface area contributed by atoms with Gasteiger partial charge in [0.15, 0.2) is 0 Å². The van der Waals surface area contributed by atoms with E-state index in [0.717, 1.165) is 10.4 Å². The van der Waals surface area contributed by atoms with Crippen LogP contribution in [0, 0.1) is 13.8 Å². The largest absolute Gasteiger partial charge is 0.355 e. The Morgan fingerprint density at radius 3 is 2.68 bits per heavy atom. The second kappa shape index (κ2) is 8.24. The fourth-order valence-electron chi connectivity index (χ4n) is 2.46. The number of fused-ring (bicyclic) bond motifs is 1. The van der Waals surface area contributed by atoms with Crippen LogP contribution in [0.1, 0.15) is 37.1 Å². The molecule has 0 bridgehead atoms. The molecule has 0 atom stereocenters. The molecule has 0 saturated carbocycles. The van der Waals surface area contributed by atoms with Gasteiger partial charge in [0.25, 0.3) is 5.56 Å². The molecule has 7 nitrogen and oxygen atoms in total. The highest BCUT2D eigenvalue weighted by atomic mass is 32.1. The Kier molecular flexibility index (Phi) is 6.30. The van der Waals surface area contributed by atoms with Gasteiger partial charge in [-0.15, -0.1) is 11.3 Å². The van der Waals surface area contributed by atoms with Gasteiger partial charge in [0.2, 0.25) is 11.8 Å². The van der Waals surface area contributed by atoms with Crippen molar-refractivity contribution >= 4 is 33.4 Å². The summed E-state index contributed by atoms with van der Waals surface area (Å²) in [7, 11) is 0. The Balaban J connectivity index is 1.90. The van der Waals surface area contributed by atoms with Gasteiger partial charge in [0.1, 0.15) is 11.4 Å². The fourth-order valence-corrected chi connectivity index (χ4v) is 3.45. The van der Waals surface area contributed by atoms with Crippen LogP contribution in [0.3, 0.4) is 0 Å². The SMILES string of the molecule is Cc1sc2ncn(CC(=O)NCCCC(=O)NC(C)C)c(=O)c2c1C. The summed E-state index contributed by atoms with van der Waals surface area (Å²) in [6, 6.07) is 0.112. The molecule has 2 heterocycles. The first-order chi connectivity index (χ1) is 11.8. The molecule has 0 aliphatic rings. The Hall–Kier alpha value is -2.22. The third-order valence-electron chi connectivity index (χ3n) is 3.82. The monoisotopic (exact) mass is 364 g/mol. The number of aryl methyl sites for hydroxylation is 2. The lowest BCUT2D eigenvalue weighted by Gasteiger charge is -2.09. The van der Waals surface area contributed by atoms with Crippen molar-refractivity contribution in [3.8, 4) is 0 Å². The molecular formula is C17H24N4O3S. The molecule has 0 aromatic carbocycles. The van der Waals surface area contributed by atoms with E-state index < -0.39 is 0 Å². The zero-order valence-corrected chi connectivity index (χ0v) is 15.8. The smallest absolute Gasteiger partial charge is 0.262 e. The molecule has 0 saturated heterocycles. The van der Waals surface area contributed by atoms with Crippen molar-refractivity contribution in [3.05, 3.63) is 27.1 Å². The van der Waals surface area contributed by atoms with Gasteiger partial charge in [0, 0.05) is 23.9 Å². The molecule has 0 unspecified atom stereocenters. The first kappa shape index (κ1) is 19.1. The van der Waals surface area contributed by atoms with Gasteiger partial charge >= 0.3 is 0 Å². The molecule has 2 amide bonds. The van der Waals surface area contributed by atoms with E-state index in [1.807, 2.05) is 27.7 Å². The fraction of sp³-hybridized carbons (Fsp3) is 0.529. The quantitative estimate of drug-likeness (QED) is 0.728. The highest BCUT2D eigenvalue weighted by molar-refractivity contribution is 7.18. The van der Waals surface area contributed by atoms with Crippen molar-refractivity contribution < 1.29 is 9.59 Å². The molecule has 8 heteroatoms. The summed E-state index contributed by atoms with van der Waals surface area (Å²) >= 11 is 1.48.